The zero-order valence-electron chi connectivity index (χ0n) is 11.9. The average Bonchev–Trinajstić information content (AvgIpc) is 2.93. The number of nitrogens with one attached hydrogen (secondary N) is 1. The molecule has 0 spiro atoms. The Bertz CT molecular complexity index is 248. The molecule has 18 heavy (non-hydrogen) atoms. The van der Waals surface area contributed by atoms with E-state index in [9.17, 15) is 0 Å². The summed E-state index contributed by atoms with van der Waals surface area (Å²) in [6.07, 6.45) is 9.83. The first kappa shape index (κ1) is 12.9. The molecular weight excluding hydrogens is 222 g/mol. The fourth-order valence-corrected chi connectivity index (χ4v) is 4.19. The third kappa shape index (κ3) is 2.89. The van der Waals surface area contributed by atoms with Gasteiger partial charge in [0, 0.05) is 18.1 Å². The van der Waals surface area contributed by atoms with E-state index in [1.165, 1.54) is 71.1 Å². The molecule has 3 aliphatic heterocycles. The Morgan fingerprint density at radius 2 is 1.72 bits per heavy atom. The van der Waals surface area contributed by atoms with E-state index < -0.39 is 0 Å². The van der Waals surface area contributed by atoms with Crippen LogP contribution in [0, 0.1) is 0 Å². The van der Waals surface area contributed by atoms with E-state index in [1.54, 1.807) is 0 Å². The van der Waals surface area contributed by atoms with Gasteiger partial charge in [-0.05, 0) is 78.2 Å². The molecule has 3 rings (SSSR count). The van der Waals surface area contributed by atoms with Crippen LogP contribution in [0.3, 0.4) is 0 Å². The van der Waals surface area contributed by atoms with E-state index >= 15 is 0 Å². The van der Waals surface area contributed by atoms with Gasteiger partial charge in [0.15, 0.2) is 0 Å². The van der Waals surface area contributed by atoms with Crippen LogP contribution in [-0.2, 0) is 0 Å². The van der Waals surface area contributed by atoms with Gasteiger partial charge in [0.05, 0.1) is 0 Å². The van der Waals surface area contributed by atoms with Crippen molar-refractivity contribution >= 4 is 0 Å². The van der Waals surface area contributed by atoms with Crippen LogP contribution >= 0.6 is 0 Å². The second-order valence-electron chi connectivity index (χ2n) is 6.58. The number of nitrogens with zero attached hydrogens (tertiary/aromatic N) is 2. The first-order valence-corrected chi connectivity index (χ1v) is 8.00. The van der Waals surface area contributed by atoms with Crippen LogP contribution in [-0.4, -0.2) is 61.2 Å². The molecule has 3 nitrogen and oxygen atoms in total. The summed E-state index contributed by atoms with van der Waals surface area (Å²) in [4.78, 5) is 5.25. The Balaban J connectivity index is 1.32. The summed E-state index contributed by atoms with van der Waals surface area (Å²) in [6.45, 7) is 5.23. The summed E-state index contributed by atoms with van der Waals surface area (Å²) in [7, 11) is 2.33. The smallest absolute Gasteiger partial charge is 0.0111 e. The quantitative estimate of drug-likeness (QED) is 0.750. The van der Waals surface area contributed by atoms with Crippen LogP contribution in [0.4, 0.5) is 0 Å². The van der Waals surface area contributed by atoms with Crippen molar-refractivity contribution in [1.29, 1.82) is 0 Å². The summed E-state index contributed by atoms with van der Waals surface area (Å²) in [5.41, 5.74) is 0. The lowest BCUT2D eigenvalue weighted by Gasteiger charge is -2.36. The van der Waals surface area contributed by atoms with Gasteiger partial charge in [-0.1, -0.05) is 0 Å². The minimum absolute atomic E-state index is 0.803. The zero-order chi connectivity index (χ0) is 12.4. The molecule has 0 aromatic carbocycles. The van der Waals surface area contributed by atoms with E-state index in [2.05, 4.69) is 22.2 Å². The standard InChI is InChI=1S/C15H29N3/c1-17-14-5-6-15(17)12-13(11-14)16-7-4-10-18-8-2-3-9-18/h13-16H,2-12H2,1H3. The van der Waals surface area contributed by atoms with Gasteiger partial charge in [-0.2, -0.15) is 0 Å². The van der Waals surface area contributed by atoms with Crippen molar-refractivity contribution in [3.05, 3.63) is 0 Å². The molecule has 0 saturated carbocycles. The molecule has 104 valence electrons. The summed E-state index contributed by atoms with van der Waals surface area (Å²) in [5, 5.41) is 3.81. The fraction of sp³-hybridized carbons (Fsp3) is 1.00. The van der Waals surface area contributed by atoms with Crippen molar-refractivity contribution in [2.75, 3.05) is 33.2 Å². The van der Waals surface area contributed by atoms with Gasteiger partial charge in [0.25, 0.3) is 0 Å². The van der Waals surface area contributed by atoms with Crippen LogP contribution in [0.15, 0.2) is 0 Å². The molecule has 0 aliphatic carbocycles. The predicted octanol–water partition coefficient (Wildman–Crippen LogP) is 1.69. The Hall–Kier alpha value is -0.120. The minimum Gasteiger partial charge on any atom is -0.314 e. The highest BCUT2D eigenvalue weighted by molar-refractivity contribution is 4.95. The van der Waals surface area contributed by atoms with E-state index in [1.807, 2.05) is 0 Å². The van der Waals surface area contributed by atoms with Gasteiger partial charge in [0.1, 0.15) is 0 Å². The normalized spacial score (nSPS) is 37.5. The van der Waals surface area contributed by atoms with Gasteiger partial charge in [0.2, 0.25) is 0 Å². The summed E-state index contributed by atoms with van der Waals surface area (Å²) >= 11 is 0. The number of hydrogen-bond donors (Lipinski definition) is 1. The molecule has 3 aliphatic rings. The molecule has 2 unspecified atom stereocenters. The molecule has 0 radical (unpaired) electrons. The molecule has 3 heterocycles. The molecule has 2 bridgehead atoms. The van der Waals surface area contributed by atoms with Gasteiger partial charge in [-0.15, -0.1) is 0 Å². The van der Waals surface area contributed by atoms with E-state index in [4.69, 9.17) is 0 Å². The average molecular weight is 251 g/mol. The largest absolute Gasteiger partial charge is 0.314 e. The van der Waals surface area contributed by atoms with Crippen molar-refractivity contribution < 1.29 is 0 Å². The third-order valence-corrected chi connectivity index (χ3v) is 5.38. The Kier molecular flexibility index (Phi) is 4.22. The number of piperidine rings is 1. The molecule has 2 atom stereocenters. The summed E-state index contributed by atoms with van der Waals surface area (Å²) in [5.74, 6) is 0. The molecule has 0 aromatic rings. The van der Waals surface area contributed by atoms with Crippen molar-refractivity contribution in [3.63, 3.8) is 0 Å². The zero-order valence-corrected chi connectivity index (χ0v) is 11.9. The number of fused-ring (bicyclic) bond motifs is 2. The Morgan fingerprint density at radius 1 is 1.06 bits per heavy atom. The number of hydrogen-bond acceptors (Lipinski definition) is 3. The van der Waals surface area contributed by atoms with Crippen molar-refractivity contribution in [2.45, 2.75) is 63.1 Å². The van der Waals surface area contributed by atoms with E-state index in [-0.39, 0.29) is 0 Å². The van der Waals surface area contributed by atoms with Crippen molar-refractivity contribution in [3.8, 4) is 0 Å². The molecule has 3 heteroatoms. The lowest BCUT2D eigenvalue weighted by Crippen LogP contribution is -2.47. The summed E-state index contributed by atoms with van der Waals surface area (Å²) in [6, 6.07) is 2.55. The predicted molar refractivity (Wildman–Crippen MR) is 75.9 cm³/mol. The number of rotatable bonds is 5. The molecule has 3 saturated heterocycles. The SMILES string of the molecule is CN1C2CCC1CC(NCCCN1CCCC1)C2. The lowest BCUT2D eigenvalue weighted by atomic mass is 9.98. The molecule has 0 amide bonds. The minimum atomic E-state index is 0.803. The second kappa shape index (κ2) is 5.89. The third-order valence-electron chi connectivity index (χ3n) is 5.38. The van der Waals surface area contributed by atoms with Crippen LogP contribution < -0.4 is 5.32 Å². The van der Waals surface area contributed by atoms with E-state index in [0.29, 0.717) is 0 Å². The van der Waals surface area contributed by atoms with Gasteiger partial charge >= 0.3 is 0 Å². The van der Waals surface area contributed by atoms with Crippen LogP contribution in [0.1, 0.15) is 44.9 Å². The molecular formula is C15H29N3. The van der Waals surface area contributed by atoms with Gasteiger partial charge < -0.3 is 15.1 Å². The fourth-order valence-electron chi connectivity index (χ4n) is 4.19. The number of likely N-dealkylation sites (tertiary alicyclic amines) is 1. The van der Waals surface area contributed by atoms with Crippen LogP contribution in [0.2, 0.25) is 0 Å². The molecule has 3 fully saturated rings. The highest BCUT2D eigenvalue weighted by atomic mass is 15.2. The Morgan fingerprint density at radius 3 is 2.39 bits per heavy atom. The van der Waals surface area contributed by atoms with Crippen LogP contribution in [0.5, 0.6) is 0 Å². The van der Waals surface area contributed by atoms with E-state index in [0.717, 1.165) is 18.1 Å². The van der Waals surface area contributed by atoms with Gasteiger partial charge in [-0.3, -0.25) is 0 Å². The van der Waals surface area contributed by atoms with Crippen molar-refractivity contribution in [2.24, 2.45) is 0 Å². The molecule has 1 N–H and O–H groups in total. The highest BCUT2D eigenvalue weighted by Crippen LogP contribution is 2.34. The maximum atomic E-state index is 3.81. The maximum Gasteiger partial charge on any atom is 0.0111 e. The van der Waals surface area contributed by atoms with Crippen LogP contribution in [0.25, 0.3) is 0 Å². The molecule has 0 aromatic heterocycles. The first-order chi connectivity index (χ1) is 8.83. The second-order valence-corrected chi connectivity index (χ2v) is 6.58. The Labute approximate surface area is 112 Å². The topological polar surface area (TPSA) is 18.5 Å². The highest BCUT2D eigenvalue weighted by Gasteiger charge is 2.37. The van der Waals surface area contributed by atoms with Gasteiger partial charge in [-0.25, -0.2) is 0 Å². The maximum absolute atomic E-state index is 3.81. The lowest BCUT2D eigenvalue weighted by molar-refractivity contribution is 0.148. The van der Waals surface area contributed by atoms with Crippen molar-refractivity contribution in [1.82, 2.24) is 15.1 Å². The monoisotopic (exact) mass is 251 g/mol. The summed E-state index contributed by atoms with van der Waals surface area (Å²) < 4.78 is 0. The first-order valence-electron chi connectivity index (χ1n) is 8.00.